The predicted molar refractivity (Wildman–Crippen MR) is 147 cm³/mol. The van der Waals surface area contributed by atoms with Gasteiger partial charge in [0.25, 0.3) is 5.91 Å². The fourth-order valence-corrected chi connectivity index (χ4v) is 5.11. The average Bonchev–Trinajstić information content (AvgIpc) is 3.03. The van der Waals surface area contributed by atoms with Gasteiger partial charge in [0.2, 0.25) is 0 Å². The van der Waals surface area contributed by atoms with Crippen molar-refractivity contribution in [2.45, 2.75) is 32.7 Å². The molecule has 1 saturated heterocycles. The monoisotopic (exact) mass is 538 g/mol. The number of hydrogen-bond acceptors (Lipinski definition) is 5. The van der Waals surface area contributed by atoms with Gasteiger partial charge >= 0.3 is 0 Å². The van der Waals surface area contributed by atoms with Crippen LogP contribution in [-0.4, -0.2) is 39.6 Å². The summed E-state index contributed by atoms with van der Waals surface area (Å²) in [5.74, 6) is 0.449. The maximum Gasteiger partial charge on any atom is 0.258 e. The fourth-order valence-electron chi connectivity index (χ4n) is 4.17. The van der Waals surface area contributed by atoms with E-state index in [1.54, 1.807) is 31.5 Å². The first-order valence-corrected chi connectivity index (χ1v) is 12.5. The minimum atomic E-state index is -0.840. The lowest BCUT2D eigenvalue weighted by molar-refractivity contribution is -0.123. The second-order valence-electron chi connectivity index (χ2n) is 8.90. The second-order valence-corrected chi connectivity index (χ2v) is 10.1. The van der Waals surface area contributed by atoms with E-state index in [-0.39, 0.29) is 5.91 Å². The van der Waals surface area contributed by atoms with Crippen molar-refractivity contribution >= 4 is 52.1 Å². The molecule has 0 unspecified atom stereocenters. The zero-order chi connectivity index (χ0) is 26.0. The van der Waals surface area contributed by atoms with Gasteiger partial charge in [-0.25, -0.2) is 0 Å². The van der Waals surface area contributed by atoms with Gasteiger partial charge in [-0.2, -0.15) is 5.26 Å². The summed E-state index contributed by atoms with van der Waals surface area (Å²) in [7, 11) is 0. The lowest BCUT2D eigenvalue weighted by Crippen LogP contribution is -2.44. The summed E-state index contributed by atoms with van der Waals surface area (Å²) in [4.78, 5) is 20.8. The minimum Gasteiger partial charge on any atom is -0.492 e. The van der Waals surface area contributed by atoms with Crippen molar-refractivity contribution in [2.24, 2.45) is 0 Å². The first-order chi connectivity index (χ1) is 17.2. The lowest BCUT2D eigenvalue weighted by Gasteiger charge is -2.29. The third-order valence-corrected chi connectivity index (χ3v) is 7.46. The van der Waals surface area contributed by atoms with Crippen LogP contribution in [0.1, 0.15) is 31.4 Å². The standard InChI is InChI=1S/C27H24Cl2N4O2S/c1-17-22(7-5-20(16-30)24(17)29)33-25(34)27(2,3)32(26(33)36)13-4-14-35-23-8-6-19(15-21(23)28)18-9-11-31-12-10-18/h5-12,15H,4,13-14H2,1-3H3. The van der Waals surface area contributed by atoms with Crippen molar-refractivity contribution in [2.75, 3.05) is 18.1 Å². The summed E-state index contributed by atoms with van der Waals surface area (Å²) in [6, 6.07) is 14.9. The Morgan fingerprint density at radius 3 is 2.50 bits per heavy atom. The average molecular weight is 539 g/mol. The van der Waals surface area contributed by atoms with E-state index in [1.807, 2.05) is 49.1 Å². The summed E-state index contributed by atoms with van der Waals surface area (Å²) in [6.45, 7) is 6.39. The smallest absolute Gasteiger partial charge is 0.258 e. The van der Waals surface area contributed by atoms with Crippen LogP contribution < -0.4 is 9.64 Å². The van der Waals surface area contributed by atoms with Crippen LogP contribution in [0.15, 0.2) is 54.9 Å². The van der Waals surface area contributed by atoms with Gasteiger partial charge < -0.3 is 9.64 Å². The number of aromatic nitrogens is 1. The molecule has 2 heterocycles. The number of amides is 1. The number of nitrogens with zero attached hydrogens (tertiary/aromatic N) is 4. The highest BCUT2D eigenvalue weighted by Crippen LogP contribution is 2.37. The van der Waals surface area contributed by atoms with E-state index < -0.39 is 5.54 Å². The zero-order valence-corrected chi connectivity index (χ0v) is 22.4. The van der Waals surface area contributed by atoms with Gasteiger partial charge in [0.15, 0.2) is 5.11 Å². The highest BCUT2D eigenvalue weighted by Gasteiger charge is 2.49. The molecule has 0 N–H and O–H groups in total. The van der Waals surface area contributed by atoms with Crippen molar-refractivity contribution in [3.63, 3.8) is 0 Å². The fraction of sp³-hybridized carbons (Fsp3) is 0.259. The maximum atomic E-state index is 13.4. The molecule has 1 aliphatic heterocycles. The van der Waals surface area contributed by atoms with Crippen LogP contribution in [0, 0.1) is 18.3 Å². The van der Waals surface area contributed by atoms with Crippen LogP contribution in [0.5, 0.6) is 5.75 Å². The number of carbonyl (C=O) groups excluding carboxylic acids is 1. The van der Waals surface area contributed by atoms with E-state index in [1.165, 1.54) is 4.90 Å². The van der Waals surface area contributed by atoms with E-state index in [0.717, 1.165) is 11.1 Å². The Morgan fingerprint density at radius 1 is 1.11 bits per heavy atom. The Bertz CT molecular complexity index is 1370. The number of nitriles is 1. The molecule has 0 bridgehead atoms. The molecule has 1 aliphatic rings. The summed E-state index contributed by atoms with van der Waals surface area (Å²) in [5, 5.41) is 10.5. The van der Waals surface area contributed by atoms with Crippen LogP contribution in [-0.2, 0) is 4.79 Å². The molecule has 0 saturated carbocycles. The molecular formula is C27H24Cl2N4O2S. The third kappa shape index (κ3) is 4.77. The highest BCUT2D eigenvalue weighted by molar-refractivity contribution is 7.80. The van der Waals surface area contributed by atoms with E-state index >= 15 is 0 Å². The van der Waals surface area contributed by atoms with Crippen molar-refractivity contribution < 1.29 is 9.53 Å². The van der Waals surface area contributed by atoms with Crippen molar-refractivity contribution in [1.82, 2.24) is 9.88 Å². The Morgan fingerprint density at radius 2 is 1.83 bits per heavy atom. The Balaban J connectivity index is 1.42. The molecule has 36 heavy (non-hydrogen) atoms. The Hall–Kier alpha value is -3.18. The summed E-state index contributed by atoms with van der Waals surface area (Å²) < 4.78 is 5.93. The van der Waals surface area contributed by atoms with Gasteiger partial charge in [0.05, 0.1) is 27.9 Å². The van der Waals surface area contributed by atoms with Gasteiger partial charge in [-0.15, -0.1) is 0 Å². The first kappa shape index (κ1) is 25.9. The number of thiocarbonyl (C=S) groups is 1. The highest BCUT2D eigenvalue weighted by atomic mass is 35.5. The summed E-state index contributed by atoms with van der Waals surface area (Å²) in [6.07, 6.45) is 4.10. The van der Waals surface area contributed by atoms with Crippen molar-refractivity contribution in [3.8, 4) is 22.9 Å². The molecular weight excluding hydrogens is 515 g/mol. The molecule has 6 nitrogen and oxygen atoms in total. The number of halogens is 2. The molecule has 0 aliphatic carbocycles. The largest absolute Gasteiger partial charge is 0.492 e. The zero-order valence-electron chi connectivity index (χ0n) is 20.1. The summed E-state index contributed by atoms with van der Waals surface area (Å²) in [5.41, 5.74) is 2.75. The number of rotatable bonds is 7. The van der Waals surface area contributed by atoms with Gasteiger partial charge in [-0.3, -0.25) is 14.7 Å². The van der Waals surface area contributed by atoms with Crippen molar-refractivity contribution in [1.29, 1.82) is 5.26 Å². The van der Waals surface area contributed by atoms with Gasteiger partial charge in [-0.05, 0) is 92.5 Å². The van der Waals surface area contributed by atoms with Crippen LogP contribution in [0.2, 0.25) is 10.0 Å². The number of hydrogen-bond donors (Lipinski definition) is 0. The second kappa shape index (κ2) is 10.4. The molecule has 184 valence electrons. The van der Waals surface area contributed by atoms with Gasteiger partial charge in [-0.1, -0.05) is 29.3 Å². The lowest BCUT2D eigenvalue weighted by atomic mass is 10.0. The molecule has 1 amide bonds. The van der Waals surface area contributed by atoms with E-state index in [2.05, 4.69) is 11.1 Å². The van der Waals surface area contributed by atoms with E-state index in [4.69, 9.17) is 40.2 Å². The third-order valence-electron chi connectivity index (χ3n) is 6.27. The molecule has 0 radical (unpaired) electrons. The molecule has 1 aromatic heterocycles. The van der Waals surface area contributed by atoms with E-state index in [0.29, 0.717) is 57.3 Å². The maximum absolute atomic E-state index is 13.4. The number of anilines is 1. The van der Waals surface area contributed by atoms with E-state index in [9.17, 15) is 10.1 Å². The van der Waals surface area contributed by atoms with Crippen LogP contribution in [0.25, 0.3) is 11.1 Å². The minimum absolute atomic E-state index is 0.146. The molecule has 3 aromatic rings. The van der Waals surface area contributed by atoms with Crippen LogP contribution in [0.4, 0.5) is 5.69 Å². The first-order valence-electron chi connectivity index (χ1n) is 11.3. The molecule has 4 rings (SSSR count). The Kier molecular flexibility index (Phi) is 7.51. The number of carbonyl (C=O) groups is 1. The number of pyridine rings is 1. The van der Waals surface area contributed by atoms with Crippen LogP contribution in [0.3, 0.4) is 0 Å². The van der Waals surface area contributed by atoms with Gasteiger partial charge in [0, 0.05) is 18.9 Å². The topological polar surface area (TPSA) is 69.5 Å². The normalized spacial score (nSPS) is 14.8. The number of benzene rings is 2. The summed E-state index contributed by atoms with van der Waals surface area (Å²) >= 11 is 18.5. The molecule has 9 heteroatoms. The molecule has 0 atom stereocenters. The Labute approximate surface area is 226 Å². The van der Waals surface area contributed by atoms with Crippen LogP contribution >= 0.6 is 35.4 Å². The predicted octanol–water partition coefficient (Wildman–Crippen LogP) is 6.42. The molecule has 1 fully saturated rings. The molecule has 0 spiro atoms. The van der Waals surface area contributed by atoms with Crippen molar-refractivity contribution in [3.05, 3.63) is 76.0 Å². The SMILES string of the molecule is Cc1c(N2C(=O)C(C)(C)N(CCCOc3ccc(-c4ccncc4)cc3Cl)C2=S)ccc(C#N)c1Cl. The quantitative estimate of drug-likeness (QED) is 0.255. The van der Waals surface area contributed by atoms with Gasteiger partial charge in [0.1, 0.15) is 17.4 Å². The number of ether oxygens (including phenoxy) is 1. The molecule has 2 aromatic carbocycles.